The fourth-order valence-electron chi connectivity index (χ4n) is 2.43. The standard InChI is InChI=1S/C20H35N3O3.HI/c1-6-26-19-14-17(9-10-18(19)24-5)8-7-11-22-20(21-4)23-12-13-25-15-16(2)3;/h9-10,14,16H,6-8,11-13,15H2,1-5H3,(H2,21,22,23);1H. The highest BCUT2D eigenvalue weighted by atomic mass is 127. The van der Waals surface area contributed by atoms with Crippen molar-refractivity contribution in [1.29, 1.82) is 0 Å². The Hall–Kier alpha value is -1.22. The highest BCUT2D eigenvalue weighted by Crippen LogP contribution is 2.28. The monoisotopic (exact) mass is 493 g/mol. The SMILES string of the molecule is CCOc1cc(CCCNC(=NC)NCCOCC(C)C)ccc1OC.I. The molecule has 2 N–H and O–H groups in total. The lowest BCUT2D eigenvalue weighted by atomic mass is 10.1. The molecule has 0 saturated carbocycles. The first kappa shape index (κ1) is 25.8. The van der Waals surface area contributed by atoms with E-state index in [9.17, 15) is 0 Å². The van der Waals surface area contributed by atoms with Crippen molar-refractivity contribution in [2.75, 3.05) is 47.1 Å². The van der Waals surface area contributed by atoms with Crippen LogP contribution < -0.4 is 20.1 Å². The molecule has 0 unspecified atom stereocenters. The van der Waals surface area contributed by atoms with Gasteiger partial charge in [-0.2, -0.15) is 0 Å². The van der Waals surface area contributed by atoms with Crippen LogP contribution in [0.25, 0.3) is 0 Å². The smallest absolute Gasteiger partial charge is 0.191 e. The molecule has 0 spiro atoms. The van der Waals surface area contributed by atoms with Gasteiger partial charge in [0.2, 0.25) is 0 Å². The Labute approximate surface area is 181 Å². The van der Waals surface area contributed by atoms with E-state index < -0.39 is 0 Å². The summed E-state index contributed by atoms with van der Waals surface area (Å²) in [5.41, 5.74) is 1.24. The van der Waals surface area contributed by atoms with Gasteiger partial charge in [0, 0.05) is 26.7 Å². The van der Waals surface area contributed by atoms with Crippen LogP contribution in [-0.4, -0.2) is 53.0 Å². The molecule has 0 heterocycles. The number of methoxy groups -OCH3 is 1. The van der Waals surface area contributed by atoms with E-state index in [1.165, 1.54) is 5.56 Å². The number of guanidine groups is 1. The predicted octanol–water partition coefficient (Wildman–Crippen LogP) is 3.48. The van der Waals surface area contributed by atoms with E-state index in [0.717, 1.165) is 50.0 Å². The van der Waals surface area contributed by atoms with Crippen LogP contribution in [0.1, 0.15) is 32.8 Å². The van der Waals surface area contributed by atoms with Crippen LogP contribution in [0.4, 0.5) is 0 Å². The second kappa shape index (κ2) is 15.8. The lowest BCUT2D eigenvalue weighted by Crippen LogP contribution is -2.39. The molecule has 0 aliphatic rings. The van der Waals surface area contributed by atoms with Gasteiger partial charge in [0.25, 0.3) is 0 Å². The Morgan fingerprint density at radius 1 is 1.15 bits per heavy atom. The molecule has 7 heteroatoms. The third-order valence-corrected chi connectivity index (χ3v) is 3.68. The number of ether oxygens (including phenoxy) is 3. The molecule has 0 saturated heterocycles. The molecule has 1 rings (SSSR count). The average Bonchev–Trinajstić information content (AvgIpc) is 2.63. The molecule has 6 nitrogen and oxygen atoms in total. The minimum Gasteiger partial charge on any atom is -0.493 e. The van der Waals surface area contributed by atoms with Gasteiger partial charge >= 0.3 is 0 Å². The summed E-state index contributed by atoms with van der Waals surface area (Å²) < 4.78 is 16.5. The first-order valence-electron chi connectivity index (χ1n) is 9.42. The second-order valence-corrected chi connectivity index (χ2v) is 6.42. The lowest BCUT2D eigenvalue weighted by molar-refractivity contribution is 0.114. The van der Waals surface area contributed by atoms with Crippen LogP contribution >= 0.6 is 24.0 Å². The fourth-order valence-corrected chi connectivity index (χ4v) is 2.43. The van der Waals surface area contributed by atoms with Gasteiger partial charge in [-0.15, -0.1) is 24.0 Å². The molecule has 156 valence electrons. The van der Waals surface area contributed by atoms with Gasteiger partial charge in [0.05, 0.1) is 20.3 Å². The van der Waals surface area contributed by atoms with Gasteiger partial charge in [-0.3, -0.25) is 4.99 Å². The van der Waals surface area contributed by atoms with Crippen molar-refractivity contribution >= 4 is 29.9 Å². The van der Waals surface area contributed by atoms with Gasteiger partial charge < -0.3 is 24.8 Å². The van der Waals surface area contributed by atoms with Crippen LogP contribution in [-0.2, 0) is 11.2 Å². The highest BCUT2D eigenvalue weighted by Gasteiger charge is 2.05. The number of halogens is 1. The van der Waals surface area contributed by atoms with E-state index in [4.69, 9.17) is 14.2 Å². The maximum absolute atomic E-state index is 5.63. The Morgan fingerprint density at radius 2 is 1.89 bits per heavy atom. The van der Waals surface area contributed by atoms with Crippen molar-refractivity contribution in [1.82, 2.24) is 10.6 Å². The van der Waals surface area contributed by atoms with E-state index in [-0.39, 0.29) is 24.0 Å². The second-order valence-electron chi connectivity index (χ2n) is 6.42. The lowest BCUT2D eigenvalue weighted by Gasteiger charge is -2.13. The summed E-state index contributed by atoms with van der Waals surface area (Å²) >= 11 is 0. The van der Waals surface area contributed by atoms with Crippen LogP contribution in [0.2, 0.25) is 0 Å². The third kappa shape index (κ3) is 11.3. The van der Waals surface area contributed by atoms with E-state index in [1.54, 1.807) is 14.2 Å². The van der Waals surface area contributed by atoms with Gasteiger partial charge in [0.1, 0.15) is 0 Å². The molecular formula is C20H36IN3O3. The number of aliphatic imine (C=N–C) groups is 1. The van der Waals surface area contributed by atoms with Crippen molar-refractivity contribution in [3.05, 3.63) is 23.8 Å². The highest BCUT2D eigenvalue weighted by molar-refractivity contribution is 14.0. The molecule has 0 bridgehead atoms. The zero-order chi connectivity index (χ0) is 19.2. The Balaban J connectivity index is 0.00000676. The first-order valence-corrected chi connectivity index (χ1v) is 9.42. The average molecular weight is 493 g/mol. The number of nitrogens with zero attached hydrogens (tertiary/aromatic N) is 1. The molecule has 0 aliphatic heterocycles. The van der Waals surface area contributed by atoms with Gasteiger partial charge in [-0.05, 0) is 43.4 Å². The number of nitrogens with one attached hydrogen (secondary N) is 2. The van der Waals surface area contributed by atoms with Crippen molar-refractivity contribution in [3.8, 4) is 11.5 Å². The van der Waals surface area contributed by atoms with Crippen molar-refractivity contribution in [2.45, 2.75) is 33.6 Å². The number of hydrogen-bond acceptors (Lipinski definition) is 4. The van der Waals surface area contributed by atoms with Gasteiger partial charge in [0.15, 0.2) is 17.5 Å². The Kier molecular flexibility index (Phi) is 15.1. The first-order chi connectivity index (χ1) is 12.6. The zero-order valence-corrected chi connectivity index (χ0v) is 19.7. The summed E-state index contributed by atoms with van der Waals surface area (Å²) in [5, 5.41) is 6.59. The summed E-state index contributed by atoms with van der Waals surface area (Å²) in [6, 6.07) is 6.10. The van der Waals surface area contributed by atoms with E-state index in [0.29, 0.717) is 19.1 Å². The minimum absolute atomic E-state index is 0. The Bertz CT molecular complexity index is 539. The topological polar surface area (TPSA) is 64.1 Å². The molecule has 0 amide bonds. The van der Waals surface area contributed by atoms with Crippen LogP contribution in [0.15, 0.2) is 23.2 Å². The van der Waals surface area contributed by atoms with E-state index in [2.05, 4.69) is 41.6 Å². The predicted molar refractivity (Wildman–Crippen MR) is 123 cm³/mol. The van der Waals surface area contributed by atoms with Crippen molar-refractivity contribution < 1.29 is 14.2 Å². The maximum Gasteiger partial charge on any atom is 0.191 e. The largest absolute Gasteiger partial charge is 0.493 e. The normalized spacial score (nSPS) is 11.1. The third-order valence-electron chi connectivity index (χ3n) is 3.68. The molecule has 0 atom stereocenters. The molecule has 0 fully saturated rings. The molecule has 0 aliphatic carbocycles. The number of rotatable bonds is 12. The molecule has 1 aromatic carbocycles. The number of aryl methyl sites for hydroxylation is 1. The number of hydrogen-bond donors (Lipinski definition) is 2. The van der Waals surface area contributed by atoms with Crippen molar-refractivity contribution in [2.24, 2.45) is 10.9 Å². The van der Waals surface area contributed by atoms with Crippen LogP contribution in [0.5, 0.6) is 11.5 Å². The maximum atomic E-state index is 5.63. The molecule has 0 radical (unpaired) electrons. The van der Waals surface area contributed by atoms with Crippen LogP contribution in [0.3, 0.4) is 0 Å². The summed E-state index contributed by atoms with van der Waals surface area (Å²) in [6.45, 7) is 9.98. The van der Waals surface area contributed by atoms with Crippen molar-refractivity contribution in [3.63, 3.8) is 0 Å². The van der Waals surface area contributed by atoms with E-state index >= 15 is 0 Å². The molecular weight excluding hydrogens is 457 g/mol. The van der Waals surface area contributed by atoms with Gasteiger partial charge in [-0.25, -0.2) is 0 Å². The number of benzene rings is 1. The van der Waals surface area contributed by atoms with Gasteiger partial charge in [-0.1, -0.05) is 19.9 Å². The molecule has 27 heavy (non-hydrogen) atoms. The summed E-state index contributed by atoms with van der Waals surface area (Å²) in [6.07, 6.45) is 1.97. The minimum atomic E-state index is 0. The quantitative estimate of drug-likeness (QED) is 0.202. The zero-order valence-electron chi connectivity index (χ0n) is 17.3. The van der Waals surface area contributed by atoms with Crippen LogP contribution in [0, 0.1) is 5.92 Å². The van der Waals surface area contributed by atoms with E-state index in [1.807, 2.05) is 13.0 Å². The summed E-state index contributed by atoms with van der Waals surface area (Å²) in [7, 11) is 3.44. The summed E-state index contributed by atoms with van der Waals surface area (Å²) in [4.78, 5) is 4.23. The Morgan fingerprint density at radius 3 is 2.52 bits per heavy atom. The summed E-state index contributed by atoms with van der Waals surface area (Å²) in [5.74, 6) is 2.95. The fraction of sp³-hybridized carbons (Fsp3) is 0.650. The molecule has 1 aromatic rings. The molecule has 0 aromatic heterocycles.